The third-order valence-electron chi connectivity index (χ3n) is 4.87. The predicted octanol–water partition coefficient (Wildman–Crippen LogP) is 4.10. The first kappa shape index (κ1) is 21.6. The van der Waals surface area contributed by atoms with Crippen LogP contribution in [-0.4, -0.2) is 54.2 Å². The van der Waals surface area contributed by atoms with Gasteiger partial charge in [0.25, 0.3) is 0 Å². The molecule has 0 fully saturated rings. The van der Waals surface area contributed by atoms with Crippen molar-refractivity contribution in [2.45, 2.75) is 70.4 Å². The van der Waals surface area contributed by atoms with Crippen molar-refractivity contribution in [1.82, 2.24) is 0 Å². The van der Waals surface area contributed by atoms with Gasteiger partial charge in [-0.1, -0.05) is 41.5 Å². The maximum Gasteiger partial charge on any atom is 0.200 e. The van der Waals surface area contributed by atoms with Gasteiger partial charge in [0.1, 0.15) is 19.0 Å². The average molecular weight is 361 g/mol. The van der Waals surface area contributed by atoms with Crippen LogP contribution < -0.4 is 0 Å². The van der Waals surface area contributed by atoms with E-state index in [1.807, 2.05) is 6.08 Å². The summed E-state index contributed by atoms with van der Waals surface area (Å²) in [5.74, 6) is 0. The molecular weight excluding hydrogens is 324 g/mol. The normalized spacial score (nSPS) is 21.2. The Bertz CT molecular complexity index is 349. The van der Waals surface area contributed by atoms with Crippen molar-refractivity contribution < 1.29 is 23.4 Å². The second-order valence-electron chi connectivity index (χ2n) is 7.28. The van der Waals surface area contributed by atoms with Gasteiger partial charge in [0.05, 0.1) is 26.1 Å². The van der Waals surface area contributed by atoms with Crippen LogP contribution in [0.5, 0.6) is 0 Å². The Morgan fingerprint density at radius 1 is 1.00 bits per heavy atom. The summed E-state index contributed by atoms with van der Waals surface area (Å²) in [5, 5.41) is 0. The van der Waals surface area contributed by atoms with Crippen molar-refractivity contribution in [3.05, 3.63) is 12.3 Å². The lowest BCUT2D eigenvalue weighted by molar-refractivity contribution is -0.111. The van der Waals surface area contributed by atoms with Gasteiger partial charge >= 0.3 is 0 Å². The molecule has 2 atom stereocenters. The molecule has 1 aliphatic rings. The Hall–Kier alpha value is -0.403. The van der Waals surface area contributed by atoms with E-state index in [1.165, 1.54) is 0 Å². The Morgan fingerprint density at radius 2 is 1.62 bits per heavy atom. The maximum absolute atomic E-state index is 6.61. The quantitative estimate of drug-likeness (QED) is 0.298. The van der Waals surface area contributed by atoms with Crippen LogP contribution in [0.25, 0.3) is 0 Å². The van der Waals surface area contributed by atoms with E-state index >= 15 is 0 Å². The van der Waals surface area contributed by atoms with Crippen molar-refractivity contribution in [3.8, 4) is 0 Å². The van der Waals surface area contributed by atoms with E-state index in [4.69, 9.17) is 23.4 Å². The van der Waals surface area contributed by atoms with Crippen molar-refractivity contribution in [1.29, 1.82) is 0 Å². The summed E-state index contributed by atoms with van der Waals surface area (Å²) in [6.07, 6.45) is 3.42. The van der Waals surface area contributed by atoms with Crippen LogP contribution in [0.15, 0.2) is 12.3 Å². The summed E-state index contributed by atoms with van der Waals surface area (Å²) in [5.41, 5.74) is 1.68. The fourth-order valence-corrected chi connectivity index (χ4v) is 9.23. The molecule has 0 spiro atoms. The van der Waals surface area contributed by atoms with Crippen LogP contribution in [0, 0.1) is 0 Å². The molecule has 0 bridgehead atoms. The molecule has 0 saturated carbocycles. The molecule has 0 amide bonds. The maximum atomic E-state index is 6.61. The molecule has 24 heavy (non-hydrogen) atoms. The van der Waals surface area contributed by atoms with Gasteiger partial charge in [-0.2, -0.15) is 0 Å². The monoisotopic (exact) mass is 360 g/mol. The Labute approximate surface area is 148 Å². The molecule has 6 heteroatoms. The lowest BCUT2D eigenvalue weighted by Crippen LogP contribution is -2.50. The average Bonchev–Trinajstić information content (AvgIpc) is 2.94. The van der Waals surface area contributed by atoms with Crippen LogP contribution in [0.4, 0.5) is 0 Å². The highest BCUT2D eigenvalue weighted by atomic mass is 28.4. The van der Waals surface area contributed by atoms with Crippen LogP contribution in [0.3, 0.4) is 0 Å². The molecule has 0 unspecified atom stereocenters. The molecular formula is C18H36O5Si. The van der Waals surface area contributed by atoms with E-state index in [1.54, 1.807) is 13.4 Å². The molecule has 0 radical (unpaired) electrons. The van der Waals surface area contributed by atoms with Crippen LogP contribution in [0.2, 0.25) is 16.6 Å². The molecule has 1 aliphatic heterocycles. The van der Waals surface area contributed by atoms with Gasteiger partial charge in [-0.15, -0.1) is 0 Å². The third kappa shape index (κ3) is 5.56. The van der Waals surface area contributed by atoms with E-state index in [0.717, 1.165) is 0 Å². The fourth-order valence-electron chi connectivity index (χ4n) is 3.78. The van der Waals surface area contributed by atoms with Crippen molar-refractivity contribution >= 4 is 8.32 Å². The first-order chi connectivity index (χ1) is 11.4. The van der Waals surface area contributed by atoms with Gasteiger partial charge in [0.15, 0.2) is 0 Å². The Morgan fingerprint density at radius 3 is 2.17 bits per heavy atom. The van der Waals surface area contributed by atoms with Crippen molar-refractivity contribution in [3.63, 3.8) is 0 Å². The fraction of sp³-hybridized carbons (Fsp3) is 0.889. The molecule has 1 rings (SSSR count). The standard InChI is InChI=1S/C18H36O5Si/c1-14(2)24(15(3)4,16(5)6)23-12-18-17(8-9-21-18)22-13-20-11-10-19-7/h8-9,14-18H,10-13H2,1-7H3/t17-,18+/m0/s1. The highest BCUT2D eigenvalue weighted by Gasteiger charge is 2.46. The van der Waals surface area contributed by atoms with E-state index in [2.05, 4.69) is 41.5 Å². The number of hydrogen-bond acceptors (Lipinski definition) is 5. The van der Waals surface area contributed by atoms with E-state index < -0.39 is 8.32 Å². The SMILES string of the molecule is COCCOCO[C@H]1C=CO[C@@H]1CO[Si](C(C)C)(C(C)C)C(C)C. The molecule has 0 aromatic carbocycles. The number of ether oxygens (including phenoxy) is 4. The molecule has 0 saturated heterocycles. The zero-order valence-corrected chi connectivity index (χ0v) is 17.4. The van der Waals surface area contributed by atoms with E-state index in [9.17, 15) is 0 Å². The van der Waals surface area contributed by atoms with Crippen molar-refractivity contribution in [2.75, 3.05) is 33.7 Å². The number of hydrogen-bond donors (Lipinski definition) is 0. The lowest BCUT2D eigenvalue weighted by atomic mass is 10.2. The summed E-state index contributed by atoms with van der Waals surface area (Å²) in [6.45, 7) is 15.6. The molecule has 1 heterocycles. The van der Waals surface area contributed by atoms with Gasteiger partial charge in [0, 0.05) is 7.11 Å². The molecule has 142 valence electrons. The van der Waals surface area contributed by atoms with Gasteiger partial charge in [-0.3, -0.25) is 0 Å². The number of methoxy groups -OCH3 is 1. The van der Waals surface area contributed by atoms with Gasteiger partial charge in [-0.25, -0.2) is 0 Å². The van der Waals surface area contributed by atoms with Crippen LogP contribution in [0.1, 0.15) is 41.5 Å². The van der Waals surface area contributed by atoms with Crippen molar-refractivity contribution in [2.24, 2.45) is 0 Å². The molecule has 0 N–H and O–H groups in total. The lowest BCUT2D eigenvalue weighted by Gasteiger charge is -2.42. The highest BCUT2D eigenvalue weighted by molar-refractivity contribution is 6.77. The minimum Gasteiger partial charge on any atom is -0.493 e. The summed E-state index contributed by atoms with van der Waals surface area (Å²) in [7, 11) is -0.232. The first-order valence-electron chi connectivity index (χ1n) is 9.00. The van der Waals surface area contributed by atoms with Crippen LogP contribution in [-0.2, 0) is 23.4 Å². The topological polar surface area (TPSA) is 46.2 Å². The molecule has 0 aromatic heterocycles. The summed E-state index contributed by atoms with van der Waals surface area (Å²) in [6, 6.07) is 0. The molecule has 0 aliphatic carbocycles. The molecule has 5 nitrogen and oxygen atoms in total. The second kappa shape index (κ2) is 10.6. The third-order valence-corrected chi connectivity index (χ3v) is 10.9. The van der Waals surface area contributed by atoms with Gasteiger partial charge in [0.2, 0.25) is 8.32 Å². The minimum atomic E-state index is -1.88. The van der Waals surface area contributed by atoms with E-state index in [-0.39, 0.29) is 19.0 Å². The van der Waals surface area contributed by atoms with Gasteiger partial charge < -0.3 is 23.4 Å². The first-order valence-corrected chi connectivity index (χ1v) is 11.1. The second-order valence-corrected chi connectivity index (χ2v) is 12.7. The summed E-state index contributed by atoms with van der Waals surface area (Å²) in [4.78, 5) is 0. The number of rotatable bonds is 12. The largest absolute Gasteiger partial charge is 0.493 e. The molecule has 0 aromatic rings. The Balaban J connectivity index is 2.54. The zero-order chi connectivity index (χ0) is 18.2. The van der Waals surface area contributed by atoms with Gasteiger partial charge in [-0.05, 0) is 22.7 Å². The smallest absolute Gasteiger partial charge is 0.200 e. The Kier molecular flexibility index (Phi) is 9.52. The van der Waals surface area contributed by atoms with Crippen LogP contribution >= 0.6 is 0 Å². The highest BCUT2D eigenvalue weighted by Crippen LogP contribution is 2.42. The minimum absolute atomic E-state index is 0.0980. The van der Waals surface area contributed by atoms with E-state index in [0.29, 0.717) is 36.4 Å². The predicted molar refractivity (Wildman–Crippen MR) is 98.6 cm³/mol. The zero-order valence-electron chi connectivity index (χ0n) is 16.4. The summed E-state index contributed by atoms with van der Waals surface area (Å²) < 4.78 is 28.4. The summed E-state index contributed by atoms with van der Waals surface area (Å²) >= 11 is 0.